The van der Waals surface area contributed by atoms with E-state index >= 15 is 0 Å². The largest absolute Gasteiger partial charge is 0.484 e. The predicted octanol–water partition coefficient (Wildman–Crippen LogP) is 3.66. The van der Waals surface area contributed by atoms with Gasteiger partial charge in [0, 0.05) is 6.07 Å². The van der Waals surface area contributed by atoms with E-state index in [1.165, 1.54) is 0 Å². The van der Waals surface area contributed by atoms with Crippen LogP contribution in [-0.4, -0.2) is 11.7 Å². The van der Waals surface area contributed by atoms with Crippen molar-refractivity contribution in [1.29, 1.82) is 0 Å². The maximum atomic E-state index is 13.4. The van der Waals surface area contributed by atoms with Crippen molar-refractivity contribution < 1.29 is 27.4 Å². The van der Waals surface area contributed by atoms with Crippen LogP contribution in [0.5, 0.6) is 5.75 Å². The van der Waals surface area contributed by atoms with Crippen LogP contribution in [0.1, 0.15) is 17.2 Å². The first-order chi connectivity index (χ1) is 9.91. The van der Waals surface area contributed by atoms with Crippen molar-refractivity contribution in [3.63, 3.8) is 0 Å². The summed E-state index contributed by atoms with van der Waals surface area (Å²) in [4.78, 5) is 0. The number of hydrogen-bond acceptors (Lipinski definition) is 2. The molecule has 6 heteroatoms. The lowest BCUT2D eigenvalue weighted by Gasteiger charge is -2.15. The first kappa shape index (κ1) is 15.3. The summed E-state index contributed by atoms with van der Waals surface area (Å²) in [5, 5.41) is 9.93. The van der Waals surface area contributed by atoms with E-state index in [4.69, 9.17) is 4.74 Å². The zero-order valence-electron chi connectivity index (χ0n) is 11.0. The highest BCUT2D eigenvalue weighted by molar-refractivity contribution is 5.30. The Morgan fingerprint density at radius 3 is 2.19 bits per heavy atom. The van der Waals surface area contributed by atoms with Crippen molar-refractivity contribution in [3.05, 3.63) is 64.7 Å². The Morgan fingerprint density at radius 1 is 1.05 bits per heavy atom. The molecule has 2 aromatic rings. The molecule has 0 fully saturated rings. The summed E-state index contributed by atoms with van der Waals surface area (Å²) in [6.45, 7) is 1.20. The van der Waals surface area contributed by atoms with Crippen LogP contribution in [-0.2, 0) is 0 Å². The van der Waals surface area contributed by atoms with Crippen molar-refractivity contribution in [3.8, 4) is 5.75 Å². The molecule has 1 N–H and O–H groups in total. The number of benzene rings is 2. The average molecular weight is 300 g/mol. The minimum atomic E-state index is -1.63. The van der Waals surface area contributed by atoms with Gasteiger partial charge < -0.3 is 9.84 Å². The highest BCUT2D eigenvalue weighted by Crippen LogP contribution is 2.28. The molecule has 2 aromatic carbocycles. The summed E-state index contributed by atoms with van der Waals surface area (Å²) >= 11 is 0. The number of aryl methyl sites for hydroxylation is 1. The number of rotatable bonds is 4. The van der Waals surface area contributed by atoms with Crippen molar-refractivity contribution in [1.82, 2.24) is 0 Å². The maximum Gasteiger partial charge on any atom is 0.203 e. The third-order valence-electron chi connectivity index (χ3n) is 3.00. The Balaban J connectivity index is 2.19. The smallest absolute Gasteiger partial charge is 0.203 e. The van der Waals surface area contributed by atoms with Crippen LogP contribution in [0.2, 0.25) is 0 Å². The molecule has 1 atom stereocenters. The Kier molecular flexibility index (Phi) is 4.47. The number of ether oxygens (including phenoxy) is 1. The predicted molar refractivity (Wildman–Crippen MR) is 67.9 cm³/mol. The summed E-state index contributed by atoms with van der Waals surface area (Å²) in [5.41, 5.74) is 1.25. The van der Waals surface area contributed by atoms with Crippen LogP contribution >= 0.6 is 0 Å². The Hall–Kier alpha value is -2.08. The fraction of sp³-hybridized carbons (Fsp3) is 0.200. The van der Waals surface area contributed by atoms with Crippen LogP contribution < -0.4 is 4.74 Å². The van der Waals surface area contributed by atoms with Crippen LogP contribution in [0, 0.1) is 30.2 Å². The number of hydrogen-bond donors (Lipinski definition) is 1. The van der Waals surface area contributed by atoms with Crippen LogP contribution in [0.4, 0.5) is 17.6 Å². The lowest BCUT2D eigenvalue weighted by Crippen LogP contribution is -2.13. The van der Waals surface area contributed by atoms with E-state index in [2.05, 4.69) is 0 Å². The lowest BCUT2D eigenvalue weighted by atomic mass is 10.0. The number of aliphatic hydroxyl groups excluding tert-OH is 1. The standard InChI is InChI=1S/C15H12F4O2/c1-8-4-2-3-5-9(8)12(20)7-21-15-13(18)10(16)6-11(17)14(15)19/h2-6,12,20H,7H2,1H3. The molecule has 0 amide bonds. The van der Waals surface area contributed by atoms with Crippen molar-refractivity contribution >= 4 is 0 Å². The molecule has 0 saturated carbocycles. The van der Waals surface area contributed by atoms with Gasteiger partial charge in [0.2, 0.25) is 11.6 Å². The molecule has 2 nitrogen and oxygen atoms in total. The quantitative estimate of drug-likeness (QED) is 0.689. The van der Waals surface area contributed by atoms with Gasteiger partial charge in [-0.25, -0.2) is 8.78 Å². The van der Waals surface area contributed by atoms with Gasteiger partial charge in [-0.15, -0.1) is 0 Å². The molecule has 1 unspecified atom stereocenters. The molecular weight excluding hydrogens is 288 g/mol. The van der Waals surface area contributed by atoms with Gasteiger partial charge in [-0.2, -0.15) is 8.78 Å². The molecule has 21 heavy (non-hydrogen) atoms. The first-order valence-electron chi connectivity index (χ1n) is 6.11. The maximum absolute atomic E-state index is 13.4. The Labute approximate surface area is 118 Å². The van der Waals surface area contributed by atoms with Gasteiger partial charge in [0.15, 0.2) is 17.4 Å². The second-order valence-electron chi connectivity index (χ2n) is 4.48. The summed E-state index contributed by atoms with van der Waals surface area (Å²) in [6, 6.07) is 6.88. The van der Waals surface area contributed by atoms with Crippen molar-refractivity contribution in [2.24, 2.45) is 0 Å². The summed E-state index contributed by atoms with van der Waals surface area (Å²) in [6.07, 6.45) is -1.18. The molecule has 0 bridgehead atoms. The third kappa shape index (κ3) is 3.16. The highest BCUT2D eigenvalue weighted by atomic mass is 19.2. The SMILES string of the molecule is Cc1ccccc1C(O)COc1c(F)c(F)cc(F)c1F. The summed E-state index contributed by atoms with van der Waals surface area (Å²) in [5.74, 6) is -7.57. The molecule has 0 aliphatic rings. The fourth-order valence-corrected chi connectivity index (χ4v) is 1.89. The van der Waals surface area contributed by atoms with Gasteiger partial charge in [0.05, 0.1) is 0 Å². The van der Waals surface area contributed by atoms with E-state index in [1.54, 1.807) is 31.2 Å². The van der Waals surface area contributed by atoms with Crippen LogP contribution in [0.15, 0.2) is 30.3 Å². The van der Waals surface area contributed by atoms with Crippen molar-refractivity contribution in [2.45, 2.75) is 13.0 Å². The normalized spacial score (nSPS) is 12.3. The van der Waals surface area contributed by atoms with E-state index in [0.29, 0.717) is 5.56 Å². The van der Waals surface area contributed by atoms with E-state index < -0.39 is 41.7 Å². The molecule has 0 saturated heterocycles. The van der Waals surface area contributed by atoms with Gasteiger partial charge in [0.1, 0.15) is 12.7 Å². The van der Waals surface area contributed by atoms with Crippen LogP contribution in [0.3, 0.4) is 0 Å². The zero-order chi connectivity index (χ0) is 15.6. The molecular formula is C15H12F4O2. The van der Waals surface area contributed by atoms with Gasteiger partial charge in [-0.3, -0.25) is 0 Å². The topological polar surface area (TPSA) is 29.5 Å². The van der Waals surface area contributed by atoms with E-state index in [0.717, 1.165) is 5.56 Å². The Bertz CT molecular complexity index is 632. The monoisotopic (exact) mass is 300 g/mol. The molecule has 0 aromatic heterocycles. The van der Waals surface area contributed by atoms with Gasteiger partial charge in [-0.1, -0.05) is 24.3 Å². The second-order valence-corrected chi connectivity index (χ2v) is 4.48. The molecule has 0 aliphatic heterocycles. The van der Waals surface area contributed by atoms with E-state index in [1.807, 2.05) is 0 Å². The molecule has 112 valence electrons. The van der Waals surface area contributed by atoms with E-state index in [-0.39, 0.29) is 6.07 Å². The average Bonchev–Trinajstić information content (AvgIpc) is 2.45. The summed E-state index contributed by atoms with van der Waals surface area (Å²) < 4.78 is 57.5. The molecule has 0 radical (unpaired) electrons. The highest BCUT2D eigenvalue weighted by Gasteiger charge is 2.22. The lowest BCUT2D eigenvalue weighted by molar-refractivity contribution is 0.101. The van der Waals surface area contributed by atoms with Gasteiger partial charge in [-0.05, 0) is 18.1 Å². The van der Waals surface area contributed by atoms with Crippen LogP contribution in [0.25, 0.3) is 0 Å². The molecule has 0 aliphatic carbocycles. The fourth-order valence-electron chi connectivity index (χ4n) is 1.89. The van der Waals surface area contributed by atoms with Crippen molar-refractivity contribution in [2.75, 3.05) is 6.61 Å². The minimum Gasteiger partial charge on any atom is -0.484 e. The number of halogens is 4. The third-order valence-corrected chi connectivity index (χ3v) is 3.00. The second kappa shape index (κ2) is 6.13. The molecule has 2 rings (SSSR count). The molecule has 0 spiro atoms. The number of aliphatic hydroxyl groups is 1. The van der Waals surface area contributed by atoms with E-state index in [9.17, 15) is 22.7 Å². The van der Waals surface area contributed by atoms with Gasteiger partial charge in [0.25, 0.3) is 0 Å². The minimum absolute atomic E-state index is 0.0926. The summed E-state index contributed by atoms with van der Waals surface area (Å²) in [7, 11) is 0. The zero-order valence-corrected chi connectivity index (χ0v) is 11.0. The first-order valence-corrected chi connectivity index (χ1v) is 6.11. The molecule has 0 heterocycles. The Morgan fingerprint density at radius 2 is 1.62 bits per heavy atom. The van der Waals surface area contributed by atoms with Gasteiger partial charge >= 0.3 is 0 Å².